The molecule has 0 atom stereocenters. The van der Waals surface area contributed by atoms with Gasteiger partial charge in [-0.1, -0.05) is 97.6 Å². The van der Waals surface area contributed by atoms with Gasteiger partial charge in [-0.3, -0.25) is 0 Å². The lowest BCUT2D eigenvalue weighted by Gasteiger charge is -2.27. The molecule has 0 saturated heterocycles. The van der Waals surface area contributed by atoms with Gasteiger partial charge in [0.2, 0.25) is 0 Å². The molecule has 0 unspecified atom stereocenters. The van der Waals surface area contributed by atoms with Gasteiger partial charge in [0, 0.05) is 73.4 Å². The van der Waals surface area contributed by atoms with Crippen LogP contribution < -0.4 is 9.80 Å². The fourth-order valence-corrected chi connectivity index (χ4v) is 11.3. The molecule has 0 amide bonds. The van der Waals surface area contributed by atoms with E-state index in [0.29, 0.717) is 0 Å². The van der Waals surface area contributed by atoms with Gasteiger partial charge in [-0.05, 0) is 97.4 Å². The molecule has 0 aliphatic rings. The fraction of sp³-hybridized carbons (Fsp3) is 0.0204. The van der Waals surface area contributed by atoms with E-state index in [1.165, 1.54) is 66.6 Å². The summed E-state index contributed by atoms with van der Waals surface area (Å²) in [6, 6.07) is 57.6. The van der Waals surface area contributed by atoms with Crippen molar-refractivity contribution in [3.63, 3.8) is 0 Å². The Labute approximate surface area is 326 Å². The minimum Gasteiger partial charge on any atom is -0.310 e. The first-order valence-corrected chi connectivity index (χ1v) is 20.5. The molecule has 0 aliphatic carbocycles. The molecule has 0 radical (unpaired) electrons. The number of allylic oxidation sites excluding steroid dienone is 1. The number of thiophene rings is 3. The summed E-state index contributed by atoms with van der Waals surface area (Å²) in [5.74, 6) is 0. The normalized spacial score (nSPS) is 11.8. The Morgan fingerprint density at radius 2 is 1.07 bits per heavy atom. The molecule has 0 fully saturated rings. The van der Waals surface area contributed by atoms with E-state index < -0.39 is 0 Å². The van der Waals surface area contributed by atoms with Gasteiger partial charge in [-0.2, -0.15) is 0 Å². The largest absolute Gasteiger partial charge is 0.310 e. The molecule has 258 valence electrons. The predicted octanol–water partition coefficient (Wildman–Crippen LogP) is 16.3. The summed E-state index contributed by atoms with van der Waals surface area (Å²) in [6.07, 6.45) is 6.31. The first-order chi connectivity index (χ1) is 26.7. The zero-order valence-corrected chi connectivity index (χ0v) is 32.0. The van der Waals surface area contributed by atoms with E-state index in [4.69, 9.17) is 0 Å². The summed E-state index contributed by atoms with van der Waals surface area (Å²) >= 11 is 5.54. The average molecular weight is 747 g/mol. The van der Waals surface area contributed by atoms with E-state index in [1.54, 1.807) is 0 Å². The van der Waals surface area contributed by atoms with Gasteiger partial charge in [-0.15, -0.1) is 34.0 Å². The van der Waals surface area contributed by atoms with Crippen LogP contribution in [0.3, 0.4) is 0 Å². The van der Waals surface area contributed by atoms with Crippen LogP contribution in [0.15, 0.2) is 170 Å². The molecule has 3 heterocycles. The van der Waals surface area contributed by atoms with Gasteiger partial charge in [0.15, 0.2) is 0 Å². The highest BCUT2D eigenvalue weighted by Gasteiger charge is 2.23. The Hall–Kier alpha value is -5.98. The molecule has 0 spiro atoms. The fourth-order valence-electron chi connectivity index (χ4n) is 7.79. The van der Waals surface area contributed by atoms with Crippen LogP contribution in [0.2, 0.25) is 0 Å². The Balaban J connectivity index is 1.24. The third-order valence-corrected chi connectivity index (χ3v) is 13.6. The molecule has 7 aromatic carbocycles. The Bertz CT molecular complexity index is 3000. The van der Waals surface area contributed by atoms with Crippen molar-refractivity contribution < 1.29 is 0 Å². The Morgan fingerprint density at radius 3 is 1.85 bits per heavy atom. The van der Waals surface area contributed by atoms with Crippen LogP contribution in [0.4, 0.5) is 34.1 Å². The molecule has 5 heteroatoms. The number of hydrogen-bond donors (Lipinski definition) is 0. The molecule has 0 saturated carbocycles. The molecule has 10 aromatic rings. The number of rotatable bonds is 8. The van der Waals surface area contributed by atoms with Crippen molar-refractivity contribution in [2.24, 2.45) is 0 Å². The lowest BCUT2D eigenvalue weighted by Crippen LogP contribution is -2.10. The van der Waals surface area contributed by atoms with Gasteiger partial charge in [0.05, 0.1) is 16.1 Å². The predicted molar refractivity (Wildman–Crippen MR) is 242 cm³/mol. The summed E-state index contributed by atoms with van der Waals surface area (Å²) in [7, 11) is 0. The van der Waals surface area contributed by atoms with Crippen molar-refractivity contribution in [3.05, 3.63) is 181 Å². The summed E-state index contributed by atoms with van der Waals surface area (Å²) in [5, 5.41) is 6.32. The van der Waals surface area contributed by atoms with Crippen LogP contribution in [0, 0.1) is 0 Å². The quantitative estimate of drug-likeness (QED) is 0.153. The van der Waals surface area contributed by atoms with Crippen molar-refractivity contribution in [2.75, 3.05) is 9.80 Å². The van der Waals surface area contributed by atoms with Gasteiger partial charge in [0.1, 0.15) is 0 Å². The highest BCUT2D eigenvalue weighted by Crippen LogP contribution is 2.50. The third kappa shape index (κ3) is 5.35. The van der Waals surface area contributed by atoms with Crippen molar-refractivity contribution >= 4 is 131 Å². The van der Waals surface area contributed by atoms with Crippen molar-refractivity contribution in [1.29, 1.82) is 0 Å². The third-order valence-electron chi connectivity index (χ3n) is 10.1. The maximum atomic E-state index is 4.23. The molecule has 0 N–H and O–H groups in total. The molecule has 0 bridgehead atoms. The minimum absolute atomic E-state index is 1.12. The van der Waals surface area contributed by atoms with Crippen molar-refractivity contribution in [3.8, 4) is 0 Å². The second-order valence-electron chi connectivity index (χ2n) is 13.3. The first kappa shape index (κ1) is 32.7. The lowest BCUT2D eigenvalue weighted by atomic mass is 10.0. The van der Waals surface area contributed by atoms with Crippen LogP contribution in [0.1, 0.15) is 17.4 Å². The minimum atomic E-state index is 1.12. The summed E-state index contributed by atoms with van der Waals surface area (Å²) in [4.78, 5) is 6.09. The zero-order valence-electron chi connectivity index (χ0n) is 29.6. The van der Waals surface area contributed by atoms with Crippen LogP contribution in [-0.4, -0.2) is 0 Å². The highest BCUT2D eigenvalue weighted by molar-refractivity contribution is 7.26. The molecular weight excluding hydrogens is 713 g/mol. The van der Waals surface area contributed by atoms with Crippen molar-refractivity contribution in [2.45, 2.75) is 6.92 Å². The molecule has 3 aromatic heterocycles. The van der Waals surface area contributed by atoms with Gasteiger partial charge >= 0.3 is 0 Å². The van der Waals surface area contributed by atoms with E-state index in [-0.39, 0.29) is 0 Å². The molecule has 0 aliphatic heterocycles. The Kier molecular flexibility index (Phi) is 8.14. The van der Waals surface area contributed by atoms with E-state index >= 15 is 0 Å². The molecular formula is C49H34N2S3. The van der Waals surface area contributed by atoms with Crippen LogP contribution in [-0.2, 0) is 0 Å². The number of hydrogen-bond acceptors (Lipinski definition) is 5. The number of anilines is 6. The van der Waals surface area contributed by atoms with Gasteiger partial charge < -0.3 is 9.80 Å². The number of nitrogens with zero attached hydrogens (tertiary/aromatic N) is 2. The van der Waals surface area contributed by atoms with Crippen LogP contribution >= 0.6 is 34.0 Å². The summed E-state index contributed by atoms with van der Waals surface area (Å²) in [5.41, 5.74) is 8.02. The Morgan fingerprint density at radius 1 is 0.463 bits per heavy atom. The first-order valence-electron chi connectivity index (χ1n) is 18.1. The topological polar surface area (TPSA) is 6.48 Å². The maximum absolute atomic E-state index is 4.23. The molecule has 2 nitrogen and oxygen atoms in total. The average Bonchev–Trinajstić information content (AvgIpc) is 3.90. The van der Waals surface area contributed by atoms with Crippen LogP contribution in [0.25, 0.3) is 62.6 Å². The second-order valence-corrected chi connectivity index (χ2v) is 16.5. The standard InChI is InChI=1S/C49H34N2S3/c1-3-15-43-36(4-2)40-30-34(27-29-45(40)52-43)51(35-26-28-38-37-20-11-12-24-44(37)53-47(38)31-35)41-22-14-25-46-48(41)39-21-13-23-42(49(39)54-46)50(32-16-7-5-8-17-32)33-18-9-6-10-19-33/h3-31H,2H2,1H3/b15-3-. The summed E-state index contributed by atoms with van der Waals surface area (Å²) < 4.78 is 6.35. The van der Waals surface area contributed by atoms with Gasteiger partial charge in [-0.25, -0.2) is 0 Å². The van der Waals surface area contributed by atoms with E-state index in [1.807, 2.05) is 40.1 Å². The SMILES string of the molecule is C=Cc1c(/C=C\C)sc2ccc(N(c3ccc4c(c3)sc3ccccc34)c3cccc4sc5c(N(c6ccccc6)c6ccccc6)cccc5c34)cc12. The van der Waals surface area contributed by atoms with Gasteiger partial charge in [0.25, 0.3) is 0 Å². The summed E-state index contributed by atoms with van der Waals surface area (Å²) in [6.45, 7) is 6.31. The second kappa shape index (κ2) is 13.5. The smallest absolute Gasteiger partial charge is 0.0640 e. The zero-order chi connectivity index (χ0) is 36.2. The van der Waals surface area contributed by atoms with Crippen LogP contribution in [0.5, 0.6) is 0 Å². The lowest BCUT2D eigenvalue weighted by molar-refractivity contribution is 1.30. The number of para-hydroxylation sites is 2. The van der Waals surface area contributed by atoms with E-state index in [2.05, 4.69) is 193 Å². The molecule has 54 heavy (non-hydrogen) atoms. The van der Waals surface area contributed by atoms with E-state index in [0.717, 1.165) is 28.4 Å². The monoisotopic (exact) mass is 746 g/mol. The number of fused-ring (bicyclic) bond motifs is 7. The molecule has 10 rings (SSSR count). The van der Waals surface area contributed by atoms with E-state index in [9.17, 15) is 0 Å². The maximum Gasteiger partial charge on any atom is 0.0640 e. The van der Waals surface area contributed by atoms with Crippen molar-refractivity contribution in [1.82, 2.24) is 0 Å². The highest BCUT2D eigenvalue weighted by atomic mass is 32.1. The number of benzene rings is 7.